The van der Waals surface area contributed by atoms with Crippen molar-refractivity contribution < 1.29 is 14.8 Å². The molecular weight excluding hydrogens is 302 g/mol. The molecule has 0 aliphatic carbocycles. The minimum atomic E-state index is -0.929. The Kier molecular flexibility index (Phi) is 4.84. The normalized spacial score (nSPS) is 12.4. The third-order valence-electron chi connectivity index (χ3n) is 2.81. The van der Waals surface area contributed by atoms with Crippen LogP contribution in [-0.4, -0.2) is 16.0 Å². The summed E-state index contributed by atoms with van der Waals surface area (Å²) in [6.45, 7) is 3.59. The fourth-order valence-corrected chi connectivity index (χ4v) is 2.07. The van der Waals surface area contributed by atoms with Gasteiger partial charge in [-0.1, -0.05) is 35.8 Å². The maximum Gasteiger partial charge on any atom is 0.307 e. The number of aliphatic carboxylic acids is 1. The van der Waals surface area contributed by atoms with E-state index in [-0.39, 0.29) is 18.0 Å². The van der Waals surface area contributed by atoms with Gasteiger partial charge < -0.3 is 5.11 Å². The predicted molar refractivity (Wildman–Crippen MR) is 70.5 cm³/mol. The Balaban J connectivity index is 3.10. The van der Waals surface area contributed by atoms with Crippen molar-refractivity contribution in [1.29, 1.82) is 0 Å². The number of halogens is 1. The quantitative estimate of drug-likeness (QED) is 0.668. The van der Waals surface area contributed by atoms with Crippen molar-refractivity contribution in [1.82, 2.24) is 0 Å². The zero-order valence-electron chi connectivity index (χ0n) is 10.1. The Labute approximate surface area is 113 Å². The summed E-state index contributed by atoms with van der Waals surface area (Å²) in [5, 5.41) is 20.0. The zero-order valence-corrected chi connectivity index (χ0v) is 11.7. The van der Waals surface area contributed by atoms with Crippen molar-refractivity contribution in [3.05, 3.63) is 38.3 Å². The van der Waals surface area contributed by atoms with E-state index in [0.29, 0.717) is 10.0 Å². The molecule has 1 atom stereocenters. The summed E-state index contributed by atoms with van der Waals surface area (Å²) in [5.74, 6) is -1.63. The molecular formula is C12H14BrNO4. The SMILES string of the molecule is CC(C)C(Cc1ccc(Br)cc1[N+](=O)[O-])C(=O)O. The van der Waals surface area contributed by atoms with Gasteiger partial charge in [-0.25, -0.2) is 0 Å². The number of rotatable bonds is 5. The molecule has 5 nitrogen and oxygen atoms in total. The Bertz CT molecular complexity index is 473. The summed E-state index contributed by atoms with van der Waals surface area (Å²) in [7, 11) is 0. The molecule has 1 N–H and O–H groups in total. The molecule has 0 saturated heterocycles. The van der Waals surface area contributed by atoms with Crippen molar-refractivity contribution >= 4 is 27.6 Å². The third kappa shape index (κ3) is 3.53. The Morgan fingerprint density at radius 1 is 1.50 bits per heavy atom. The van der Waals surface area contributed by atoms with Crippen LogP contribution in [0.3, 0.4) is 0 Å². The lowest BCUT2D eigenvalue weighted by atomic mass is 9.89. The molecule has 0 aromatic heterocycles. The number of hydrogen-bond donors (Lipinski definition) is 1. The molecule has 6 heteroatoms. The molecule has 0 heterocycles. The first-order chi connectivity index (χ1) is 8.32. The van der Waals surface area contributed by atoms with Gasteiger partial charge >= 0.3 is 5.97 Å². The van der Waals surface area contributed by atoms with E-state index in [0.717, 1.165) is 0 Å². The number of carbonyl (C=O) groups is 1. The number of nitrogens with zero attached hydrogens (tertiary/aromatic N) is 1. The maximum atomic E-state index is 11.1. The molecule has 0 radical (unpaired) electrons. The number of nitro benzene ring substituents is 1. The van der Waals surface area contributed by atoms with Gasteiger partial charge in [-0.15, -0.1) is 0 Å². The fourth-order valence-electron chi connectivity index (χ4n) is 1.72. The second-order valence-corrected chi connectivity index (χ2v) is 5.34. The molecule has 1 aromatic carbocycles. The average molecular weight is 316 g/mol. The van der Waals surface area contributed by atoms with Crippen molar-refractivity contribution in [3.8, 4) is 0 Å². The van der Waals surface area contributed by atoms with Gasteiger partial charge in [0.05, 0.1) is 10.8 Å². The van der Waals surface area contributed by atoms with Gasteiger partial charge in [0.1, 0.15) is 0 Å². The average Bonchev–Trinajstić information content (AvgIpc) is 2.25. The molecule has 98 valence electrons. The number of carboxylic acids is 1. The lowest BCUT2D eigenvalue weighted by Gasteiger charge is -2.16. The summed E-state index contributed by atoms with van der Waals surface area (Å²) in [6.07, 6.45) is 0.163. The number of carboxylic acid groups (broad SMARTS) is 1. The molecule has 0 bridgehead atoms. The van der Waals surface area contributed by atoms with E-state index >= 15 is 0 Å². The van der Waals surface area contributed by atoms with Gasteiger partial charge in [-0.2, -0.15) is 0 Å². The highest BCUT2D eigenvalue weighted by Gasteiger charge is 2.25. The monoisotopic (exact) mass is 315 g/mol. The van der Waals surface area contributed by atoms with E-state index in [1.807, 2.05) is 0 Å². The molecule has 1 rings (SSSR count). The molecule has 0 spiro atoms. The second kappa shape index (κ2) is 5.95. The van der Waals surface area contributed by atoms with Gasteiger partial charge in [-0.05, 0) is 18.4 Å². The predicted octanol–water partition coefficient (Wildman–Crippen LogP) is 3.26. The molecule has 18 heavy (non-hydrogen) atoms. The summed E-state index contributed by atoms with van der Waals surface area (Å²) in [4.78, 5) is 21.6. The van der Waals surface area contributed by atoms with Crippen LogP contribution in [0.2, 0.25) is 0 Å². The van der Waals surface area contributed by atoms with E-state index in [2.05, 4.69) is 15.9 Å². The number of benzene rings is 1. The van der Waals surface area contributed by atoms with Gasteiger partial charge in [0.15, 0.2) is 0 Å². The summed E-state index contributed by atoms with van der Waals surface area (Å²) in [6, 6.07) is 4.68. The molecule has 0 aliphatic heterocycles. The third-order valence-corrected chi connectivity index (χ3v) is 3.30. The van der Waals surface area contributed by atoms with Crippen molar-refractivity contribution in [2.24, 2.45) is 11.8 Å². The Morgan fingerprint density at radius 3 is 2.56 bits per heavy atom. The van der Waals surface area contributed by atoms with E-state index in [1.54, 1.807) is 26.0 Å². The molecule has 1 aromatic rings. The minimum absolute atomic E-state index is 0.0451. The lowest BCUT2D eigenvalue weighted by molar-refractivity contribution is -0.385. The first kappa shape index (κ1) is 14.6. The van der Waals surface area contributed by atoms with Crippen LogP contribution < -0.4 is 0 Å². The van der Waals surface area contributed by atoms with Crippen LogP contribution in [0.4, 0.5) is 5.69 Å². The van der Waals surface area contributed by atoms with Crippen molar-refractivity contribution in [2.75, 3.05) is 0 Å². The van der Waals surface area contributed by atoms with Crippen LogP contribution in [0.15, 0.2) is 22.7 Å². The largest absolute Gasteiger partial charge is 0.481 e. The Hall–Kier alpha value is -1.43. The smallest absolute Gasteiger partial charge is 0.307 e. The second-order valence-electron chi connectivity index (χ2n) is 4.42. The van der Waals surface area contributed by atoms with E-state index < -0.39 is 16.8 Å². The van der Waals surface area contributed by atoms with Crippen LogP contribution in [0.1, 0.15) is 19.4 Å². The van der Waals surface area contributed by atoms with Crippen LogP contribution in [0, 0.1) is 22.0 Å². The van der Waals surface area contributed by atoms with Gasteiger partial charge in [-0.3, -0.25) is 14.9 Å². The molecule has 0 amide bonds. The van der Waals surface area contributed by atoms with Crippen LogP contribution in [0.5, 0.6) is 0 Å². The first-order valence-corrected chi connectivity index (χ1v) is 6.28. The highest BCUT2D eigenvalue weighted by Crippen LogP contribution is 2.27. The first-order valence-electron chi connectivity index (χ1n) is 5.48. The van der Waals surface area contributed by atoms with Crippen LogP contribution in [-0.2, 0) is 11.2 Å². The van der Waals surface area contributed by atoms with Crippen LogP contribution >= 0.6 is 15.9 Å². The highest BCUT2D eigenvalue weighted by atomic mass is 79.9. The van der Waals surface area contributed by atoms with Gasteiger partial charge in [0.2, 0.25) is 0 Å². The minimum Gasteiger partial charge on any atom is -0.481 e. The van der Waals surface area contributed by atoms with E-state index in [4.69, 9.17) is 5.11 Å². The maximum absolute atomic E-state index is 11.1. The zero-order chi connectivity index (χ0) is 13.9. The topological polar surface area (TPSA) is 80.4 Å². The fraction of sp³-hybridized carbons (Fsp3) is 0.417. The van der Waals surface area contributed by atoms with Crippen LogP contribution in [0.25, 0.3) is 0 Å². The molecule has 1 unspecified atom stereocenters. The number of nitro groups is 1. The van der Waals surface area contributed by atoms with Gasteiger partial charge in [0.25, 0.3) is 5.69 Å². The highest BCUT2D eigenvalue weighted by molar-refractivity contribution is 9.10. The van der Waals surface area contributed by atoms with Crippen molar-refractivity contribution in [3.63, 3.8) is 0 Å². The number of hydrogen-bond acceptors (Lipinski definition) is 3. The standard InChI is InChI=1S/C12H14BrNO4/c1-7(2)10(12(15)16)5-8-3-4-9(13)6-11(8)14(17)18/h3-4,6-7,10H,5H2,1-2H3,(H,15,16). The summed E-state index contributed by atoms with van der Waals surface area (Å²) < 4.78 is 0.606. The Morgan fingerprint density at radius 2 is 2.11 bits per heavy atom. The van der Waals surface area contributed by atoms with Gasteiger partial charge in [0, 0.05) is 16.1 Å². The van der Waals surface area contributed by atoms with E-state index in [1.165, 1.54) is 6.07 Å². The van der Waals surface area contributed by atoms with E-state index in [9.17, 15) is 14.9 Å². The summed E-state index contributed by atoms with van der Waals surface area (Å²) in [5.41, 5.74) is 0.403. The molecule has 0 saturated carbocycles. The lowest BCUT2D eigenvalue weighted by Crippen LogP contribution is -2.22. The molecule has 0 fully saturated rings. The molecule has 0 aliphatic rings. The van der Waals surface area contributed by atoms with Crippen molar-refractivity contribution in [2.45, 2.75) is 20.3 Å². The summed E-state index contributed by atoms with van der Waals surface area (Å²) >= 11 is 3.17.